The highest BCUT2D eigenvalue weighted by Crippen LogP contribution is 2.35. The molecule has 0 saturated carbocycles. The molecule has 25 heavy (non-hydrogen) atoms. The van der Waals surface area contributed by atoms with Gasteiger partial charge in [0.2, 0.25) is 0 Å². The number of anilines is 1. The van der Waals surface area contributed by atoms with Crippen LogP contribution in [0.15, 0.2) is 29.4 Å². The van der Waals surface area contributed by atoms with Crippen molar-refractivity contribution in [2.75, 3.05) is 5.32 Å². The molecule has 0 atom stereocenters. The highest BCUT2D eigenvalue weighted by Gasteiger charge is 2.15. The third-order valence-corrected chi connectivity index (χ3v) is 4.11. The van der Waals surface area contributed by atoms with Crippen LogP contribution >= 0.6 is 0 Å². The number of aryl methyl sites for hydroxylation is 1. The lowest BCUT2D eigenvalue weighted by molar-refractivity contribution is -0.136. The highest BCUT2D eigenvalue weighted by molar-refractivity contribution is 6.21. The summed E-state index contributed by atoms with van der Waals surface area (Å²) in [6, 6.07) is 4.77. The molecule has 3 rings (SSSR count). The summed E-state index contributed by atoms with van der Waals surface area (Å²) in [6.45, 7) is 1.96. The first-order valence-corrected chi connectivity index (χ1v) is 7.79. The van der Waals surface area contributed by atoms with Crippen molar-refractivity contribution in [2.45, 2.75) is 19.8 Å². The van der Waals surface area contributed by atoms with Gasteiger partial charge in [0.1, 0.15) is 0 Å². The predicted octanol–water partition coefficient (Wildman–Crippen LogP) is 3.09. The van der Waals surface area contributed by atoms with Crippen molar-refractivity contribution in [2.24, 2.45) is 10.7 Å². The standard InChI is InChI=1S/C18H18N4O3/c1-10-11(2-5-17(23)24)8-21-16(10)6-12-9-20-15-4-3-13(7-14(12)15)22-18(19)25/h3-4,6-9,21H,2,5H2,1H3,(H,23,24)(H3,19,22,25). The first kappa shape index (κ1) is 16.5. The minimum atomic E-state index is -0.813. The number of nitrogens with zero attached hydrogens (tertiary/aromatic N) is 1. The molecule has 0 radical (unpaired) electrons. The van der Waals surface area contributed by atoms with Gasteiger partial charge in [0.15, 0.2) is 0 Å². The van der Waals surface area contributed by atoms with Gasteiger partial charge < -0.3 is 21.1 Å². The number of aromatic amines is 1. The topological polar surface area (TPSA) is 121 Å². The third kappa shape index (κ3) is 3.60. The van der Waals surface area contributed by atoms with Crippen molar-refractivity contribution in [3.63, 3.8) is 0 Å². The molecular formula is C18H18N4O3. The number of rotatable bonds is 5. The number of allylic oxidation sites excluding steroid dienone is 1. The molecule has 0 unspecified atom stereocenters. The van der Waals surface area contributed by atoms with Gasteiger partial charge in [-0.05, 0) is 48.7 Å². The molecule has 0 saturated heterocycles. The molecule has 1 aliphatic rings. The Bertz CT molecular complexity index is 909. The minimum Gasteiger partial charge on any atom is -0.481 e. The van der Waals surface area contributed by atoms with Crippen LogP contribution in [0, 0.1) is 6.92 Å². The summed E-state index contributed by atoms with van der Waals surface area (Å²) < 4.78 is 0. The van der Waals surface area contributed by atoms with Gasteiger partial charge in [0, 0.05) is 41.4 Å². The zero-order valence-electron chi connectivity index (χ0n) is 13.7. The fraction of sp³-hybridized carbons (Fsp3) is 0.167. The second-order valence-electron chi connectivity index (χ2n) is 5.83. The van der Waals surface area contributed by atoms with E-state index in [1.165, 1.54) is 0 Å². The van der Waals surface area contributed by atoms with Crippen LogP contribution < -0.4 is 11.1 Å². The lowest BCUT2D eigenvalue weighted by atomic mass is 10.0. The molecule has 0 spiro atoms. The summed E-state index contributed by atoms with van der Waals surface area (Å²) in [7, 11) is 0. The van der Waals surface area contributed by atoms with E-state index in [1.807, 2.05) is 31.3 Å². The van der Waals surface area contributed by atoms with Gasteiger partial charge in [-0.25, -0.2) is 4.79 Å². The van der Waals surface area contributed by atoms with Crippen LogP contribution in [0.5, 0.6) is 0 Å². The number of aromatic nitrogens is 1. The monoisotopic (exact) mass is 338 g/mol. The molecule has 2 amide bonds. The van der Waals surface area contributed by atoms with E-state index in [-0.39, 0.29) is 6.42 Å². The van der Waals surface area contributed by atoms with Crippen LogP contribution in [0.4, 0.5) is 16.2 Å². The fourth-order valence-electron chi connectivity index (χ4n) is 2.78. The second kappa shape index (κ2) is 6.64. The Morgan fingerprint density at radius 1 is 1.40 bits per heavy atom. The Balaban J connectivity index is 1.88. The van der Waals surface area contributed by atoms with Gasteiger partial charge in [0.25, 0.3) is 0 Å². The molecule has 2 heterocycles. The number of aliphatic carboxylic acids is 1. The Kier molecular flexibility index (Phi) is 4.38. The van der Waals surface area contributed by atoms with E-state index in [2.05, 4.69) is 15.3 Å². The number of amides is 2. The predicted molar refractivity (Wildman–Crippen MR) is 97.2 cm³/mol. The summed E-state index contributed by atoms with van der Waals surface area (Å²) in [5, 5.41) is 11.4. The van der Waals surface area contributed by atoms with Gasteiger partial charge in [-0.3, -0.25) is 9.79 Å². The van der Waals surface area contributed by atoms with E-state index in [9.17, 15) is 9.59 Å². The number of carboxylic acids is 1. The molecule has 7 heteroatoms. The summed E-state index contributed by atoms with van der Waals surface area (Å²) in [4.78, 5) is 29.3. The van der Waals surface area contributed by atoms with E-state index in [0.717, 1.165) is 33.6 Å². The average molecular weight is 338 g/mol. The first-order valence-electron chi connectivity index (χ1n) is 7.79. The molecule has 1 aromatic carbocycles. The van der Waals surface area contributed by atoms with Gasteiger partial charge >= 0.3 is 12.0 Å². The zero-order valence-corrected chi connectivity index (χ0v) is 13.7. The summed E-state index contributed by atoms with van der Waals surface area (Å²) in [5.41, 5.74) is 11.3. The Morgan fingerprint density at radius 2 is 2.20 bits per heavy atom. The molecule has 1 aliphatic heterocycles. The maximum Gasteiger partial charge on any atom is 0.316 e. The molecule has 0 bridgehead atoms. The zero-order chi connectivity index (χ0) is 18.0. The lowest BCUT2D eigenvalue weighted by Crippen LogP contribution is -2.19. The summed E-state index contributed by atoms with van der Waals surface area (Å²) in [6.07, 6.45) is 6.14. The van der Waals surface area contributed by atoms with E-state index in [1.54, 1.807) is 12.3 Å². The molecule has 7 nitrogen and oxygen atoms in total. The maximum absolute atomic E-state index is 11.0. The number of primary amides is 1. The van der Waals surface area contributed by atoms with Gasteiger partial charge in [-0.2, -0.15) is 0 Å². The van der Waals surface area contributed by atoms with Crippen molar-refractivity contribution < 1.29 is 14.7 Å². The number of benzene rings is 1. The van der Waals surface area contributed by atoms with E-state index >= 15 is 0 Å². The maximum atomic E-state index is 11.0. The molecule has 0 aliphatic carbocycles. The van der Waals surface area contributed by atoms with Crippen molar-refractivity contribution in [3.8, 4) is 0 Å². The summed E-state index contributed by atoms with van der Waals surface area (Å²) in [5.74, 6) is -0.813. The van der Waals surface area contributed by atoms with Crippen molar-refractivity contribution in [1.29, 1.82) is 0 Å². The van der Waals surface area contributed by atoms with Crippen molar-refractivity contribution in [3.05, 3.63) is 46.8 Å². The van der Waals surface area contributed by atoms with Crippen molar-refractivity contribution >= 4 is 41.2 Å². The number of fused-ring (bicyclic) bond motifs is 1. The Hall–Kier alpha value is -3.35. The molecule has 0 fully saturated rings. The number of carboxylic acid groups (broad SMARTS) is 1. The number of urea groups is 1. The van der Waals surface area contributed by atoms with Crippen LogP contribution in [0.2, 0.25) is 0 Å². The van der Waals surface area contributed by atoms with Crippen LogP contribution in [-0.2, 0) is 11.2 Å². The number of carbonyl (C=O) groups excluding carboxylic acids is 1. The molecule has 5 N–H and O–H groups in total. The first-order chi connectivity index (χ1) is 11.9. The Labute approximate surface area is 144 Å². The van der Waals surface area contributed by atoms with Gasteiger partial charge in [0.05, 0.1) is 5.69 Å². The SMILES string of the molecule is Cc1c(CCC(=O)O)c[nH]c1C=C1C=Nc2ccc(NC(N)=O)cc21. The van der Waals surface area contributed by atoms with Crippen LogP contribution in [-0.4, -0.2) is 28.3 Å². The third-order valence-electron chi connectivity index (χ3n) is 4.11. The van der Waals surface area contributed by atoms with E-state index in [0.29, 0.717) is 12.1 Å². The van der Waals surface area contributed by atoms with Gasteiger partial charge in [-0.15, -0.1) is 0 Å². The second-order valence-corrected chi connectivity index (χ2v) is 5.83. The molecule has 128 valence electrons. The number of H-pyrrole nitrogens is 1. The minimum absolute atomic E-state index is 0.0984. The number of nitrogens with one attached hydrogen (secondary N) is 2. The number of carbonyl (C=O) groups is 2. The number of hydrogen-bond donors (Lipinski definition) is 4. The van der Waals surface area contributed by atoms with Crippen LogP contribution in [0.1, 0.15) is 28.8 Å². The van der Waals surface area contributed by atoms with Crippen LogP contribution in [0.3, 0.4) is 0 Å². The number of hydrogen-bond acceptors (Lipinski definition) is 3. The quantitative estimate of drug-likeness (QED) is 0.670. The highest BCUT2D eigenvalue weighted by atomic mass is 16.4. The molecular weight excluding hydrogens is 320 g/mol. The largest absolute Gasteiger partial charge is 0.481 e. The fourth-order valence-corrected chi connectivity index (χ4v) is 2.78. The smallest absolute Gasteiger partial charge is 0.316 e. The summed E-state index contributed by atoms with van der Waals surface area (Å²) >= 11 is 0. The lowest BCUT2D eigenvalue weighted by Gasteiger charge is -2.05. The van der Waals surface area contributed by atoms with Crippen LogP contribution in [0.25, 0.3) is 11.6 Å². The normalized spacial score (nSPS) is 13.9. The van der Waals surface area contributed by atoms with E-state index in [4.69, 9.17) is 10.8 Å². The average Bonchev–Trinajstić information content (AvgIpc) is 3.10. The molecule has 2 aromatic rings. The van der Waals surface area contributed by atoms with Gasteiger partial charge in [-0.1, -0.05) is 0 Å². The number of aliphatic imine (C=N–C) groups is 1. The Morgan fingerprint density at radius 3 is 2.92 bits per heavy atom. The van der Waals surface area contributed by atoms with Crippen molar-refractivity contribution in [1.82, 2.24) is 4.98 Å². The molecule has 1 aromatic heterocycles. The van der Waals surface area contributed by atoms with E-state index < -0.39 is 12.0 Å². The number of nitrogens with two attached hydrogens (primary N) is 1.